The molecule has 0 radical (unpaired) electrons. The molecular formula is C31H31N11O. The van der Waals surface area contributed by atoms with Crippen molar-refractivity contribution in [3.8, 4) is 6.01 Å². The zero-order valence-corrected chi connectivity index (χ0v) is 24.2. The molecule has 4 aromatic carbocycles. The molecule has 43 heavy (non-hydrogen) atoms. The Morgan fingerprint density at radius 1 is 0.465 bits per heavy atom. The fourth-order valence-corrected chi connectivity index (χ4v) is 3.82. The SMILES string of the molecule is CN(C)c1ccc(N=Nc2ccc(Nc3nc(O)nc(Nc4ccc(N=Nc5ccc(N(C)C)cc5)cc4)n3)cc2)cc1. The molecule has 216 valence electrons. The van der Waals surface area contributed by atoms with Gasteiger partial charge < -0.3 is 25.5 Å². The lowest BCUT2D eigenvalue weighted by atomic mass is 10.3. The standard InChI is InChI=1S/C31H31N11O/c1-41(2)27-17-13-25(14-18-27)39-37-23-9-5-21(6-10-23)32-29-34-30(36-31(43)35-29)33-22-7-11-24(12-8-22)38-40-26-15-19-28(20-16-26)42(3)4/h5-20H,1-4H3,(H3,32,33,34,35,36,43). The van der Waals surface area contributed by atoms with Gasteiger partial charge >= 0.3 is 6.01 Å². The number of benzene rings is 4. The van der Waals surface area contributed by atoms with E-state index in [0.717, 1.165) is 22.7 Å². The van der Waals surface area contributed by atoms with Crippen LogP contribution in [0.15, 0.2) is 118 Å². The summed E-state index contributed by atoms with van der Waals surface area (Å²) in [6, 6.07) is 29.8. The van der Waals surface area contributed by atoms with Crippen LogP contribution in [-0.4, -0.2) is 48.2 Å². The van der Waals surface area contributed by atoms with E-state index in [9.17, 15) is 5.11 Å². The van der Waals surface area contributed by atoms with E-state index < -0.39 is 6.01 Å². The Hall–Kier alpha value is -5.91. The number of anilines is 6. The molecule has 0 unspecified atom stereocenters. The van der Waals surface area contributed by atoms with Gasteiger partial charge in [-0.25, -0.2) is 0 Å². The predicted molar refractivity (Wildman–Crippen MR) is 171 cm³/mol. The van der Waals surface area contributed by atoms with E-state index in [0.29, 0.717) is 22.7 Å². The first-order valence-electron chi connectivity index (χ1n) is 13.4. The Balaban J connectivity index is 1.19. The van der Waals surface area contributed by atoms with Crippen LogP contribution in [0.1, 0.15) is 0 Å². The fourth-order valence-electron chi connectivity index (χ4n) is 3.82. The number of nitrogens with zero attached hydrogens (tertiary/aromatic N) is 9. The van der Waals surface area contributed by atoms with Gasteiger partial charge in [0.1, 0.15) is 0 Å². The Morgan fingerprint density at radius 2 is 0.767 bits per heavy atom. The number of azo groups is 2. The Morgan fingerprint density at radius 3 is 1.07 bits per heavy atom. The molecule has 5 aromatic rings. The molecule has 1 aromatic heterocycles. The molecule has 0 saturated heterocycles. The van der Waals surface area contributed by atoms with Gasteiger partial charge in [-0.15, -0.1) is 0 Å². The molecular weight excluding hydrogens is 542 g/mol. The number of hydrogen-bond donors (Lipinski definition) is 3. The van der Waals surface area contributed by atoms with Crippen molar-refractivity contribution >= 4 is 57.4 Å². The molecule has 0 aliphatic rings. The summed E-state index contributed by atoms with van der Waals surface area (Å²) < 4.78 is 0. The fraction of sp³-hybridized carbons (Fsp3) is 0.129. The molecule has 0 saturated carbocycles. The summed E-state index contributed by atoms with van der Waals surface area (Å²) in [4.78, 5) is 16.4. The average molecular weight is 574 g/mol. The van der Waals surface area contributed by atoms with E-state index in [1.165, 1.54) is 0 Å². The topological polar surface area (TPSA) is 139 Å². The maximum absolute atomic E-state index is 10.1. The molecule has 3 N–H and O–H groups in total. The van der Waals surface area contributed by atoms with Crippen LogP contribution in [0.25, 0.3) is 0 Å². The summed E-state index contributed by atoms with van der Waals surface area (Å²) in [7, 11) is 7.96. The second-order valence-corrected chi connectivity index (χ2v) is 9.85. The minimum atomic E-state index is -0.420. The highest BCUT2D eigenvalue weighted by atomic mass is 16.3. The van der Waals surface area contributed by atoms with Crippen LogP contribution in [0.2, 0.25) is 0 Å². The summed E-state index contributed by atoms with van der Waals surface area (Å²) in [6.45, 7) is 0. The number of aromatic hydroxyl groups is 1. The molecule has 0 aliphatic heterocycles. The lowest BCUT2D eigenvalue weighted by Gasteiger charge is -2.11. The third-order valence-electron chi connectivity index (χ3n) is 6.16. The average Bonchev–Trinajstić information content (AvgIpc) is 3.00. The molecule has 12 heteroatoms. The first-order valence-corrected chi connectivity index (χ1v) is 13.4. The number of aromatic nitrogens is 3. The van der Waals surface area contributed by atoms with Crippen molar-refractivity contribution in [1.82, 2.24) is 15.0 Å². The van der Waals surface area contributed by atoms with Crippen LogP contribution in [0.3, 0.4) is 0 Å². The van der Waals surface area contributed by atoms with Crippen molar-refractivity contribution in [2.45, 2.75) is 0 Å². The Labute approximate surface area is 249 Å². The molecule has 0 fully saturated rings. The van der Waals surface area contributed by atoms with Gasteiger partial charge in [-0.3, -0.25) is 0 Å². The van der Waals surface area contributed by atoms with Crippen LogP contribution in [0, 0.1) is 0 Å². The monoisotopic (exact) mass is 573 g/mol. The lowest BCUT2D eigenvalue weighted by molar-refractivity contribution is 0.430. The molecule has 0 amide bonds. The maximum Gasteiger partial charge on any atom is 0.320 e. The van der Waals surface area contributed by atoms with Crippen molar-refractivity contribution in [1.29, 1.82) is 0 Å². The smallest absolute Gasteiger partial charge is 0.320 e. The summed E-state index contributed by atoms with van der Waals surface area (Å²) in [5.41, 5.74) is 6.50. The van der Waals surface area contributed by atoms with Gasteiger partial charge in [0.05, 0.1) is 22.7 Å². The number of nitrogens with one attached hydrogen (secondary N) is 2. The van der Waals surface area contributed by atoms with Crippen LogP contribution in [-0.2, 0) is 0 Å². The Bertz CT molecular complexity index is 1570. The molecule has 12 nitrogen and oxygen atoms in total. The van der Waals surface area contributed by atoms with Gasteiger partial charge in [0, 0.05) is 50.9 Å². The molecule has 0 aliphatic carbocycles. The van der Waals surface area contributed by atoms with Gasteiger partial charge in [0.25, 0.3) is 0 Å². The Kier molecular flexibility index (Phi) is 8.76. The van der Waals surface area contributed by atoms with Crippen molar-refractivity contribution in [2.75, 3.05) is 48.6 Å². The first-order chi connectivity index (χ1) is 20.8. The van der Waals surface area contributed by atoms with Gasteiger partial charge in [0.2, 0.25) is 11.9 Å². The van der Waals surface area contributed by atoms with E-state index in [-0.39, 0.29) is 11.9 Å². The van der Waals surface area contributed by atoms with E-state index >= 15 is 0 Å². The third-order valence-corrected chi connectivity index (χ3v) is 6.16. The normalized spacial score (nSPS) is 11.2. The minimum Gasteiger partial charge on any atom is -0.479 e. The van der Waals surface area contributed by atoms with Gasteiger partial charge in [0.15, 0.2) is 0 Å². The van der Waals surface area contributed by atoms with Crippen molar-refractivity contribution < 1.29 is 5.11 Å². The van der Waals surface area contributed by atoms with E-state index in [1.54, 1.807) is 0 Å². The quantitative estimate of drug-likeness (QED) is 0.143. The number of hydrogen-bond acceptors (Lipinski definition) is 12. The minimum absolute atomic E-state index is 0.177. The zero-order chi connectivity index (χ0) is 30.2. The van der Waals surface area contributed by atoms with Gasteiger partial charge in [-0.1, -0.05) is 0 Å². The highest BCUT2D eigenvalue weighted by molar-refractivity contribution is 5.61. The second-order valence-electron chi connectivity index (χ2n) is 9.85. The van der Waals surface area contributed by atoms with Gasteiger partial charge in [-0.05, 0) is 97.1 Å². The van der Waals surface area contributed by atoms with Crippen LogP contribution < -0.4 is 20.4 Å². The molecule has 1 heterocycles. The molecule has 0 bridgehead atoms. The van der Waals surface area contributed by atoms with E-state index in [2.05, 4.69) is 46.0 Å². The third kappa shape index (κ3) is 8.07. The van der Waals surface area contributed by atoms with Crippen molar-refractivity contribution in [3.05, 3.63) is 97.1 Å². The van der Waals surface area contributed by atoms with E-state index in [4.69, 9.17) is 0 Å². The van der Waals surface area contributed by atoms with Gasteiger partial charge in [-0.2, -0.15) is 35.4 Å². The van der Waals surface area contributed by atoms with Crippen LogP contribution >= 0.6 is 0 Å². The zero-order valence-electron chi connectivity index (χ0n) is 24.2. The second kappa shape index (κ2) is 13.2. The summed E-state index contributed by atoms with van der Waals surface area (Å²) in [5, 5.41) is 33.4. The van der Waals surface area contributed by atoms with Crippen LogP contribution in [0.4, 0.5) is 57.4 Å². The van der Waals surface area contributed by atoms with E-state index in [1.807, 2.05) is 135 Å². The highest BCUT2D eigenvalue weighted by Gasteiger charge is 2.07. The molecule has 0 atom stereocenters. The maximum atomic E-state index is 10.1. The van der Waals surface area contributed by atoms with Crippen molar-refractivity contribution in [2.24, 2.45) is 20.5 Å². The first kappa shape index (κ1) is 28.6. The summed E-state index contributed by atoms with van der Waals surface area (Å²) in [6.07, 6.45) is 0. The summed E-state index contributed by atoms with van der Waals surface area (Å²) >= 11 is 0. The predicted octanol–water partition coefficient (Wildman–Crippen LogP) is 8.03. The summed E-state index contributed by atoms with van der Waals surface area (Å²) in [5.74, 6) is 0.354. The lowest BCUT2D eigenvalue weighted by Crippen LogP contribution is -2.07. The molecule has 0 spiro atoms. The molecule has 5 rings (SSSR count). The van der Waals surface area contributed by atoms with Crippen molar-refractivity contribution in [3.63, 3.8) is 0 Å². The van der Waals surface area contributed by atoms with Crippen LogP contribution in [0.5, 0.6) is 6.01 Å². The highest BCUT2D eigenvalue weighted by Crippen LogP contribution is 2.26. The largest absolute Gasteiger partial charge is 0.479 e. The number of rotatable bonds is 10.